The molecule has 0 unspecified atom stereocenters. The highest BCUT2D eigenvalue weighted by Crippen LogP contribution is 2.38. The van der Waals surface area contributed by atoms with Crippen molar-refractivity contribution in [1.29, 1.82) is 0 Å². The van der Waals surface area contributed by atoms with Gasteiger partial charge in [-0.1, -0.05) is 12.1 Å². The Labute approximate surface area is 185 Å². The van der Waals surface area contributed by atoms with Gasteiger partial charge in [0.2, 0.25) is 5.91 Å². The molecule has 0 aliphatic heterocycles. The molecule has 148 valence electrons. The summed E-state index contributed by atoms with van der Waals surface area (Å²) in [5.41, 5.74) is 1.33. The number of hydrogen-bond donors (Lipinski definition) is 2. The van der Waals surface area contributed by atoms with Gasteiger partial charge in [0.1, 0.15) is 12.3 Å². The third-order valence-electron chi connectivity index (χ3n) is 3.46. The zero-order valence-corrected chi connectivity index (χ0v) is 19.0. The molecule has 8 heteroatoms. The molecule has 0 fully saturated rings. The minimum Gasteiger partial charge on any atom is -0.490 e. The van der Waals surface area contributed by atoms with Gasteiger partial charge < -0.3 is 19.9 Å². The van der Waals surface area contributed by atoms with Gasteiger partial charge in [-0.3, -0.25) is 4.79 Å². The molecule has 2 aromatic rings. The molecule has 6 nitrogen and oxygen atoms in total. The third kappa shape index (κ3) is 6.52. The summed E-state index contributed by atoms with van der Waals surface area (Å²) in [6.45, 7) is 3.87. The van der Waals surface area contributed by atoms with Gasteiger partial charge in [-0.15, -0.1) is 0 Å². The van der Waals surface area contributed by atoms with Gasteiger partial charge in [-0.25, -0.2) is 4.79 Å². The van der Waals surface area contributed by atoms with E-state index >= 15 is 0 Å². The van der Waals surface area contributed by atoms with Crippen LogP contribution in [0.5, 0.6) is 11.5 Å². The summed E-state index contributed by atoms with van der Waals surface area (Å²) in [5, 5.41) is 11.6. The minimum absolute atomic E-state index is 0.227. The highest BCUT2D eigenvalue weighted by Gasteiger charge is 2.14. The van der Waals surface area contributed by atoms with Crippen molar-refractivity contribution in [2.75, 3.05) is 6.61 Å². The molecular weight excluding hydrogens is 541 g/mol. The molecule has 1 amide bonds. The van der Waals surface area contributed by atoms with Crippen LogP contribution in [0.4, 0.5) is 0 Å². The molecule has 0 atom stereocenters. The number of carbonyl (C=O) groups excluding carboxylic acids is 1. The van der Waals surface area contributed by atoms with E-state index in [1.165, 1.54) is 13.0 Å². The maximum absolute atomic E-state index is 11.3. The fraction of sp³-hybridized carbons (Fsp3) is 0.200. The zero-order chi connectivity index (χ0) is 20.7. The van der Waals surface area contributed by atoms with Crippen LogP contribution < -0.4 is 14.8 Å². The molecular formula is C20H19BrINO5. The first-order chi connectivity index (χ1) is 13.3. The van der Waals surface area contributed by atoms with E-state index in [-0.39, 0.29) is 5.70 Å². The number of ether oxygens (including phenoxy) is 2. The number of carbonyl (C=O) groups is 2. The average Bonchev–Trinajstić information content (AvgIpc) is 2.60. The highest BCUT2D eigenvalue weighted by molar-refractivity contribution is 14.1. The van der Waals surface area contributed by atoms with Crippen LogP contribution in [0.2, 0.25) is 0 Å². The largest absolute Gasteiger partial charge is 0.490 e. The SMILES string of the molecule is CCOc1cc(/C=C(/NC(C)=O)C(=O)O)cc(Br)c1OCc1cccc(I)c1. The number of benzene rings is 2. The van der Waals surface area contributed by atoms with E-state index in [1.54, 1.807) is 12.1 Å². The fourth-order valence-electron chi connectivity index (χ4n) is 2.36. The Morgan fingerprint density at radius 3 is 2.61 bits per heavy atom. The second kappa shape index (κ2) is 10.5. The van der Waals surface area contributed by atoms with Crippen LogP contribution in [0.15, 0.2) is 46.6 Å². The second-order valence-corrected chi connectivity index (χ2v) is 7.83. The van der Waals surface area contributed by atoms with Crippen molar-refractivity contribution in [3.05, 3.63) is 61.3 Å². The van der Waals surface area contributed by atoms with Crippen molar-refractivity contribution in [3.63, 3.8) is 0 Å². The molecule has 0 bridgehead atoms. The monoisotopic (exact) mass is 559 g/mol. The number of carboxylic acids is 1. The molecule has 2 rings (SSSR count). The van der Waals surface area contributed by atoms with Crippen LogP contribution in [-0.4, -0.2) is 23.6 Å². The summed E-state index contributed by atoms with van der Waals surface area (Å²) in [6, 6.07) is 11.3. The summed E-state index contributed by atoms with van der Waals surface area (Å²) < 4.78 is 13.4. The first-order valence-corrected chi connectivity index (χ1v) is 10.2. The molecule has 0 heterocycles. The van der Waals surface area contributed by atoms with Gasteiger partial charge in [-0.05, 0) is 86.9 Å². The number of halogens is 2. The van der Waals surface area contributed by atoms with Crippen molar-refractivity contribution in [1.82, 2.24) is 5.32 Å². The summed E-state index contributed by atoms with van der Waals surface area (Å²) in [5.74, 6) is -0.700. The van der Waals surface area contributed by atoms with Crippen molar-refractivity contribution in [3.8, 4) is 11.5 Å². The van der Waals surface area contributed by atoms with E-state index in [0.717, 1.165) is 9.13 Å². The number of amides is 1. The summed E-state index contributed by atoms with van der Waals surface area (Å²) in [7, 11) is 0. The lowest BCUT2D eigenvalue weighted by Crippen LogP contribution is -2.24. The molecule has 2 aromatic carbocycles. The molecule has 2 N–H and O–H groups in total. The summed E-state index contributed by atoms with van der Waals surface area (Å²) in [6.07, 6.45) is 1.36. The van der Waals surface area contributed by atoms with E-state index in [9.17, 15) is 14.7 Å². The van der Waals surface area contributed by atoms with Crippen LogP contribution in [0.3, 0.4) is 0 Å². The number of hydrogen-bond acceptors (Lipinski definition) is 4. The normalized spacial score (nSPS) is 11.1. The Kier molecular flexibility index (Phi) is 8.31. The predicted octanol–water partition coefficient (Wildman–Crippen LogP) is 4.59. The molecule has 0 aromatic heterocycles. The molecule has 0 saturated carbocycles. The standard InChI is InChI=1S/C20H19BrINO5/c1-3-27-18-10-14(9-17(20(25)26)23-12(2)24)8-16(21)19(18)28-11-13-5-4-6-15(22)7-13/h4-10H,3,11H2,1-2H3,(H,23,24)(H,25,26)/b17-9+. The van der Waals surface area contributed by atoms with Gasteiger partial charge in [0.15, 0.2) is 11.5 Å². The average molecular weight is 560 g/mol. The van der Waals surface area contributed by atoms with E-state index in [4.69, 9.17) is 9.47 Å². The van der Waals surface area contributed by atoms with Crippen LogP contribution in [0, 0.1) is 3.57 Å². The fourth-order valence-corrected chi connectivity index (χ4v) is 3.55. The van der Waals surface area contributed by atoms with E-state index < -0.39 is 11.9 Å². The van der Waals surface area contributed by atoms with Gasteiger partial charge in [0.05, 0.1) is 11.1 Å². The lowest BCUT2D eigenvalue weighted by molar-refractivity contribution is -0.134. The van der Waals surface area contributed by atoms with Gasteiger partial charge in [0, 0.05) is 10.5 Å². The number of rotatable bonds is 8. The maximum atomic E-state index is 11.3. The third-order valence-corrected chi connectivity index (χ3v) is 4.72. The lowest BCUT2D eigenvalue weighted by atomic mass is 10.1. The smallest absolute Gasteiger partial charge is 0.352 e. The van der Waals surface area contributed by atoms with Crippen LogP contribution >= 0.6 is 38.5 Å². The molecule has 0 aliphatic carbocycles. The van der Waals surface area contributed by atoms with Gasteiger partial charge >= 0.3 is 5.97 Å². The first-order valence-electron chi connectivity index (χ1n) is 8.36. The molecule has 0 saturated heterocycles. The van der Waals surface area contributed by atoms with Crippen LogP contribution in [-0.2, 0) is 16.2 Å². The van der Waals surface area contributed by atoms with Gasteiger partial charge in [-0.2, -0.15) is 0 Å². The van der Waals surface area contributed by atoms with E-state index in [1.807, 2.05) is 31.2 Å². The number of aliphatic carboxylic acids is 1. The molecule has 0 spiro atoms. The number of carboxylic acid groups (broad SMARTS) is 1. The quantitative estimate of drug-likeness (QED) is 0.365. The summed E-state index contributed by atoms with van der Waals surface area (Å²) >= 11 is 5.70. The first kappa shape index (κ1) is 22.2. The molecule has 0 aliphatic rings. The Morgan fingerprint density at radius 2 is 2.00 bits per heavy atom. The van der Waals surface area contributed by atoms with Crippen molar-refractivity contribution >= 4 is 56.5 Å². The predicted molar refractivity (Wildman–Crippen MR) is 118 cm³/mol. The highest BCUT2D eigenvalue weighted by atomic mass is 127. The van der Waals surface area contributed by atoms with E-state index in [2.05, 4.69) is 43.8 Å². The van der Waals surface area contributed by atoms with E-state index in [0.29, 0.717) is 34.7 Å². The maximum Gasteiger partial charge on any atom is 0.352 e. The van der Waals surface area contributed by atoms with Crippen molar-refractivity contribution in [2.45, 2.75) is 20.5 Å². The minimum atomic E-state index is -1.23. The Morgan fingerprint density at radius 1 is 1.25 bits per heavy atom. The number of nitrogens with one attached hydrogen (secondary N) is 1. The summed E-state index contributed by atoms with van der Waals surface area (Å²) in [4.78, 5) is 22.6. The Balaban J connectivity index is 2.34. The second-order valence-electron chi connectivity index (χ2n) is 5.73. The van der Waals surface area contributed by atoms with Crippen LogP contribution in [0.1, 0.15) is 25.0 Å². The lowest BCUT2D eigenvalue weighted by Gasteiger charge is -2.15. The van der Waals surface area contributed by atoms with Gasteiger partial charge in [0.25, 0.3) is 0 Å². The molecule has 28 heavy (non-hydrogen) atoms. The molecule has 0 radical (unpaired) electrons. The zero-order valence-electron chi connectivity index (χ0n) is 15.3. The Bertz CT molecular complexity index is 913. The van der Waals surface area contributed by atoms with Crippen molar-refractivity contribution < 1.29 is 24.2 Å². The van der Waals surface area contributed by atoms with Crippen molar-refractivity contribution in [2.24, 2.45) is 0 Å². The topological polar surface area (TPSA) is 84.9 Å². The Hall–Kier alpha value is -2.07. The van der Waals surface area contributed by atoms with Crippen LogP contribution in [0.25, 0.3) is 6.08 Å².